The van der Waals surface area contributed by atoms with Gasteiger partial charge in [0.25, 0.3) is 5.91 Å². The molecule has 0 aliphatic heterocycles. The third-order valence-electron chi connectivity index (χ3n) is 2.36. The van der Waals surface area contributed by atoms with Crippen LogP contribution in [0.2, 0.25) is 0 Å². The van der Waals surface area contributed by atoms with Gasteiger partial charge in [0, 0.05) is 24.8 Å². The molecule has 1 aromatic rings. The monoisotopic (exact) mass is 263 g/mol. The lowest BCUT2D eigenvalue weighted by atomic mass is 10.1. The summed E-state index contributed by atoms with van der Waals surface area (Å²) in [6.07, 6.45) is 2.47. The van der Waals surface area contributed by atoms with Crippen LogP contribution in [0.3, 0.4) is 0 Å². The Labute approximate surface area is 111 Å². The smallest absolute Gasteiger partial charge is 0.328 e. The predicted molar refractivity (Wildman–Crippen MR) is 71.9 cm³/mol. The lowest BCUT2D eigenvalue weighted by Crippen LogP contribution is -2.35. The quantitative estimate of drug-likeness (QED) is 0.763. The number of benzene rings is 1. The molecule has 0 radical (unpaired) electrons. The molecule has 0 heterocycles. The van der Waals surface area contributed by atoms with Crippen LogP contribution in [-0.4, -0.2) is 36.7 Å². The standard InChI is InChI=1S/C14H17NO4/c1-10(9-19-2)15-14(18)12-5-3-4-11(8-12)6-7-13(16)17/h3-8,10H,9H2,1-2H3,(H,15,18)(H,16,17)/b7-6+. The van der Waals surface area contributed by atoms with Gasteiger partial charge in [-0.05, 0) is 30.7 Å². The van der Waals surface area contributed by atoms with E-state index in [2.05, 4.69) is 5.32 Å². The average molecular weight is 263 g/mol. The maximum atomic E-state index is 11.9. The van der Waals surface area contributed by atoms with E-state index in [0.717, 1.165) is 6.08 Å². The molecule has 2 N–H and O–H groups in total. The Bertz CT molecular complexity index is 482. The van der Waals surface area contributed by atoms with E-state index >= 15 is 0 Å². The van der Waals surface area contributed by atoms with Gasteiger partial charge in [-0.2, -0.15) is 0 Å². The van der Waals surface area contributed by atoms with Crippen molar-refractivity contribution in [3.8, 4) is 0 Å². The molecular weight excluding hydrogens is 246 g/mol. The minimum absolute atomic E-state index is 0.0873. The number of hydrogen-bond donors (Lipinski definition) is 2. The number of carboxylic acid groups (broad SMARTS) is 1. The van der Waals surface area contributed by atoms with Crippen LogP contribution >= 0.6 is 0 Å². The fourth-order valence-corrected chi connectivity index (χ4v) is 1.55. The van der Waals surface area contributed by atoms with Gasteiger partial charge in [-0.15, -0.1) is 0 Å². The van der Waals surface area contributed by atoms with Crippen LogP contribution in [-0.2, 0) is 9.53 Å². The van der Waals surface area contributed by atoms with Gasteiger partial charge in [-0.3, -0.25) is 4.79 Å². The molecule has 0 aliphatic carbocycles. The van der Waals surface area contributed by atoms with Crippen LogP contribution < -0.4 is 5.32 Å². The van der Waals surface area contributed by atoms with Crippen molar-refractivity contribution < 1.29 is 19.4 Å². The van der Waals surface area contributed by atoms with Gasteiger partial charge >= 0.3 is 5.97 Å². The van der Waals surface area contributed by atoms with E-state index in [-0.39, 0.29) is 11.9 Å². The summed E-state index contributed by atoms with van der Waals surface area (Å²) in [6, 6.07) is 6.66. The SMILES string of the molecule is COCC(C)NC(=O)c1cccc(/C=C/C(=O)O)c1. The molecule has 5 nitrogen and oxygen atoms in total. The summed E-state index contributed by atoms with van der Waals surface area (Å²) < 4.78 is 4.94. The van der Waals surface area contributed by atoms with Crippen LogP contribution in [0.4, 0.5) is 0 Å². The molecule has 1 unspecified atom stereocenters. The molecule has 0 saturated heterocycles. The second-order valence-corrected chi connectivity index (χ2v) is 4.13. The molecular formula is C14H17NO4. The molecule has 102 valence electrons. The van der Waals surface area contributed by atoms with Crippen molar-refractivity contribution in [2.24, 2.45) is 0 Å². The molecule has 1 rings (SSSR count). The number of amides is 1. The highest BCUT2D eigenvalue weighted by Crippen LogP contribution is 2.07. The van der Waals surface area contributed by atoms with Crippen molar-refractivity contribution in [1.82, 2.24) is 5.32 Å². The van der Waals surface area contributed by atoms with Gasteiger partial charge in [0.2, 0.25) is 0 Å². The average Bonchev–Trinajstić information content (AvgIpc) is 2.37. The zero-order chi connectivity index (χ0) is 14.3. The van der Waals surface area contributed by atoms with Crippen molar-refractivity contribution in [2.45, 2.75) is 13.0 Å². The van der Waals surface area contributed by atoms with Crippen molar-refractivity contribution in [3.63, 3.8) is 0 Å². The summed E-state index contributed by atoms with van der Waals surface area (Å²) >= 11 is 0. The highest BCUT2D eigenvalue weighted by atomic mass is 16.5. The van der Waals surface area contributed by atoms with Crippen molar-refractivity contribution in [2.75, 3.05) is 13.7 Å². The Morgan fingerprint density at radius 1 is 1.47 bits per heavy atom. The molecule has 0 saturated carbocycles. The predicted octanol–water partition coefficient (Wildman–Crippen LogP) is 1.55. The van der Waals surface area contributed by atoms with E-state index in [4.69, 9.17) is 9.84 Å². The Hall–Kier alpha value is -2.14. The molecule has 0 spiro atoms. The number of nitrogens with one attached hydrogen (secondary N) is 1. The first-order valence-corrected chi connectivity index (χ1v) is 5.84. The fraction of sp³-hybridized carbons (Fsp3) is 0.286. The van der Waals surface area contributed by atoms with E-state index in [1.165, 1.54) is 6.08 Å². The van der Waals surface area contributed by atoms with Crippen molar-refractivity contribution >= 4 is 18.0 Å². The largest absolute Gasteiger partial charge is 0.478 e. The van der Waals surface area contributed by atoms with Crippen molar-refractivity contribution in [3.05, 3.63) is 41.5 Å². The molecule has 1 atom stereocenters. The molecule has 19 heavy (non-hydrogen) atoms. The first-order chi connectivity index (χ1) is 9.02. The first-order valence-electron chi connectivity index (χ1n) is 5.84. The van der Waals surface area contributed by atoms with Gasteiger partial charge in [0.1, 0.15) is 0 Å². The van der Waals surface area contributed by atoms with E-state index in [0.29, 0.717) is 17.7 Å². The van der Waals surface area contributed by atoms with Crippen LogP contribution in [0, 0.1) is 0 Å². The van der Waals surface area contributed by atoms with Gasteiger partial charge < -0.3 is 15.2 Å². The molecule has 0 bridgehead atoms. The minimum Gasteiger partial charge on any atom is -0.478 e. The van der Waals surface area contributed by atoms with Crippen molar-refractivity contribution in [1.29, 1.82) is 0 Å². The minimum atomic E-state index is -1.02. The Morgan fingerprint density at radius 2 is 2.21 bits per heavy atom. The summed E-state index contributed by atoms with van der Waals surface area (Å²) in [7, 11) is 1.57. The highest BCUT2D eigenvalue weighted by Gasteiger charge is 2.09. The normalized spacial score (nSPS) is 12.3. The summed E-state index contributed by atoms with van der Waals surface area (Å²) in [5.41, 5.74) is 1.14. The number of carboxylic acids is 1. The zero-order valence-corrected chi connectivity index (χ0v) is 10.9. The van der Waals surface area contributed by atoms with Crippen LogP contribution in [0.1, 0.15) is 22.8 Å². The van der Waals surface area contributed by atoms with Gasteiger partial charge in [-0.25, -0.2) is 4.79 Å². The Kier molecular flexibility index (Phi) is 5.75. The third-order valence-corrected chi connectivity index (χ3v) is 2.36. The van der Waals surface area contributed by atoms with Gasteiger partial charge in [-0.1, -0.05) is 12.1 Å². The molecule has 0 aromatic heterocycles. The second-order valence-electron chi connectivity index (χ2n) is 4.13. The van der Waals surface area contributed by atoms with E-state index < -0.39 is 5.97 Å². The number of ether oxygens (including phenoxy) is 1. The van der Waals surface area contributed by atoms with Crippen LogP contribution in [0.25, 0.3) is 6.08 Å². The van der Waals surface area contributed by atoms with E-state index in [1.54, 1.807) is 31.4 Å². The number of hydrogen-bond acceptors (Lipinski definition) is 3. The number of methoxy groups -OCH3 is 1. The molecule has 0 aliphatic rings. The number of rotatable bonds is 6. The molecule has 5 heteroatoms. The number of carbonyl (C=O) groups excluding carboxylic acids is 1. The van der Waals surface area contributed by atoms with E-state index in [1.807, 2.05) is 6.92 Å². The summed E-state index contributed by atoms with van der Waals surface area (Å²) in [6.45, 7) is 2.28. The molecule has 1 aromatic carbocycles. The fourth-order valence-electron chi connectivity index (χ4n) is 1.55. The number of aliphatic carboxylic acids is 1. The molecule has 0 fully saturated rings. The maximum Gasteiger partial charge on any atom is 0.328 e. The molecule has 1 amide bonds. The highest BCUT2D eigenvalue weighted by molar-refractivity contribution is 5.95. The topological polar surface area (TPSA) is 75.6 Å². The first kappa shape index (κ1) is 14.9. The second kappa shape index (κ2) is 7.33. The van der Waals surface area contributed by atoms with Gasteiger partial charge in [0.05, 0.1) is 6.61 Å². The van der Waals surface area contributed by atoms with Crippen LogP contribution in [0.5, 0.6) is 0 Å². The Balaban J connectivity index is 2.75. The van der Waals surface area contributed by atoms with E-state index in [9.17, 15) is 9.59 Å². The zero-order valence-electron chi connectivity index (χ0n) is 10.9. The summed E-state index contributed by atoms with van der Waals surface area (Å²) in [5, 5.41) is 11.3. The summed E-state index contributed by atoms with van der Waals surface area (Å²) in [5.74, 6) is -1.24. The number of carbonyl (C=O) groups is 2. The Morgan fingerprint density at radius 3 is 2.84 bits per heavy atom. The lowest BCUT2D eigenvalue weighted by molar-refractivity contribution is -0.131. The third kappa shape index (κ3) is 5.35. The lowest BCUT2D eigenvalue weighted by Gasteiger charge is -2.12. The van der Waals surface area contributed by atoms with Crippen LogP contribution in [0.15, 0.2) is 30.3 Å². The maximum absolute atomic E-state index is 11.9. The van der Waals surface area contributed by atoms with Gasteiger partial charge in [0.15, 0.2) is 0 Å². The summed E-state index contributed by atoms with van der Waals surface area (Å²) in [4.78, 5) is 22.3.